The summed E-state index contributed by atoms with van der Waals surface area (Å²) in [5, 5.41) is 8.94. The van der Waals surface area contributed by atoms with Crippen LogP contribution in [0.4, 0.5) is 0 Å². The van der Waals surface area contributed by atoms with Gasteiger partial charge in [-0.3, -0.25) is 4.79 Å². The number of fused-ring (bicyclic) bond motifs is 1. The van der Waals surface area contributed by atoms with Crippen molar-refractivity contribution in [1.29, 1.82) is 0 Å². The minimum atomic E-state index is -1.06. The number of carbonyl (C=O) groups is 2. The van der Waals surface area contributed by atoms with Gasteiger partial charge in [0.05, 0.1) is 11.1 Å². The summed E-state index contributed by atoms with van der Waals surface area (Å²) in [6, 6.07) is 8.16. The number of benzene rings is 1. The maximum absolute atomic E-state index is 12.2. The number of allylic oxidation sites excluding steroid dienone is 1. The molecule has 0 atom stereocenters. The number of aromatic carboxylic acids is 1. The number of ketones is 1. The number of carboxylic acids is 1. The molecule has 5 heteroatoms. The molecule has 20 heavy (non-hydrogen) atoms. The third kappa shape index (κ3) is 2.12. The van der Waals surface area contributed by atoms with Crippen molar-refractivity contribution in [1.82, 2.24) is 0 Å². The van der Waals surface area contributed by atoms with Gasteiger partial charge in [-0.25, -0.2) is 4.79 Å². The maximum atomic E-state index is 12.2. The average molecular weight is 286 g/mol. The van der Waals surface area contributed by atoms with Crippen LogP contribution in [0.15, 0.2) is 36.1 Å². The van der Waals surface area contributed by atoms with Gasteiger partial charge in [0.2, 0.25) is 5.78 Å². The quantitative estimate of drug-likeness (QED) is 0.860. The molecular formula is C15H10O4S. The lowest BCUT2D eigenvalue weighted by molar-refractivity contribution is 0.0697. The molecule has 0 amide bonds. The molecule has 1 N–H and O–H groups in total. The second-order valence-electron chi connectivity index (χ2n) is 4.40. The lowest BCUT2D eigenvalue weighted by Crippen LogP contribution is -2.00. The van der Waals surface area contributed by atoms with Gasteiger partial charge in [0.25, 0.3) is 0 Å². The lowest BCUT2D eigenvalue weighted by Gasteiger charge is -1.98. The topological polar surface area (TPSA) is 63.6 Å². The Morgan fingerprint density at radius 3 is 2.75 bits per heavy atom. The monoisotopic (exact) mass is 286 g/mol. The Labute approximate surface area is 118 Å². The Balaban J connectivity index is 1.98. The highest BCUT2D eigenvalue weighted by molar-refractivity contribution is 7.12. The van der Waals surface area contributed by atoms with Crippen LogP contribution in [0.1, 0.15) is 30.5 Å². The predicted octanol–water partition coefficient (Wildman–Crippen LogP) is 3.37. The van der Waals surface area contributed by atoms with Gasteiger partial charge in [-0.2, -0.15) is 0 Å². The molecule has 3 rings (SSSR count). The number of thiophene rings is 1. The van der Waals surface area contributed by atoms with E-state index in [1.807, 2.05) is 19.1 Å². The fourth-order valence-electron chi connectivity index (χ4n) is 1.98. The Kier molecular flexibility index (Phi) is 2.91. The Morgan fingerprint density at radius 2 is 2.10 bits per heavy atom. The van der Waals surface area contributed by atoms with E-state index in [2.05, 4.69) is 0 Å². The van der Waals surface area contributed by atoms with Crippen molar-refractivity contribution in [2.45, 2.75) is 6.92 Å². The zero-order chi connectivity index (χ0) is 14.3. The smallest absolute Gasteiger partial charge is 0.335 e. The predicted molar refractivity (Wildman–Crippen MR) is 75.4 cm³/mol. The highest BCUT2D eigenvalue weighted by atomic mass is 32.1. The molecule has 1 aliphatic heterocycles. The molecule has 0 saturated carbocycles. The molecule has 1 aromatic heterocycles. The molecule has 0 radical (unpaired) electrons. The van der Waals surface area contributed by atoms with E-state index in [4.69, 9.17) is 9.84 Å². The number of carbonyl (C=O) groups excluding carboxylic acids is 1. The molecule has 2 aromatic rings. The molecule has 4 nitrogen and oxygen atoms in total. The molecule has 2 heterocycles. The van der Waals surface area contributed by atoms with Gasteiger partial charge in [-0.1, -0.05) is 0 Å². The first-order chi connectivity index (χ1) is 9.54. The number of ether oxygens (including phenoxy) is 1. The Hall–Kier alpha value is -2.40. The van der Waals surface area contributed by atoms with E-state index < -0.39 is 5.97 Å². The summed E-state index contributed by atoms with van der Waals surface area (Å²) >= 11 is 1.56. The van der Waals surface area contributed by atoms with E-state index in [0.29, 0.717) is 11.3 Å². The second kappa shape index (κ2) is 4.61. The third-order valence-corrected chi connectivity index (χ3v) is 3.90. The van der Waals surface area contributed by atoms with Gasteiger partial charge in [0.1, 0.15) is 5.75 Å². The molecule has 0 spiro atoms. The highest BCUT2D eigenvalue weighted by Crippen LogP contribution is 2.33. The largest absolute Gasteiger partial charge is 0.478 e. The fraction of sp³-hybridized carbons (Fsp3) is 0.0667. The summed E-state index contributed by atoms with van der Waals surface area (Å²) in [6.07, 6.45) is 1.68. The van der Waals surface area contributed by atoms with Gasteiger partial charge in [0, 0.05) is 15.8 Å². The molecule has 100 valence electrons. The van der Waals surface area contributed by atoms with Gasteiger partial charge < -0.3 is 9.84 Å². The van der Waals surface area contributed by atoms with E-state index in [0.717, 1.165) is 9.75 Å². The number of hydrogen-bond donors (Lipinski definition) is 1. The molecule has 1 aromatic carbocycles. The highest BCUT2D eigenvalue weighted by Gasteiger charge is 2.28. The van der Waals surface area contributed by atoms with Crippen LogP contribution in [-0.2, 0) is 0 Å². The summed E-state index contributed by atoms with van der Waals surface area (Å²) in [5.74, 6) is -0.718. The standard InChI is InChI=1S/C15H10O4S/c1-8-2-4-10(20-8)7-13-14(16)11-6-9(15(17)18)3-5-12(11)19-13/h2-7H,1H3,(H,17,18). The van der Waals surface area contributed by atoms with Gasteiger partial charge >= 0.3 is 5.97 Å². The zero-order valence-electron chi connectivity index (χ0n) is 10.5. The van der Waals surface area contributed by atoms with Crippen molar-refractivity contribution in [3.8, 4) is 5.75 Å². The number of hydrogen-bond acceptors (Lipinski definition) is 4. The lowest BCUT2D eigenvalue weighted by atomic mass is 10.1. The molecule has 0 saturated heterocycles. The number of aryl methyl sites for hydroxylation is 1. The van der Waals surface area contributed by atoms with Crippen LogP contribution in [0, 0.1) is 6.92 Å². The molecule has 0 fully saturated rings. The number of Topliss-reactive ketones (excluding diaryl/α,β-unsaturated/α-hetero) is 1. The van der Waals surface area contributed by atoms with Crippen LogP contribution >= 0.6 is 11.3 Å². The molecular weight excluding hydrogens is 276 g/mol. The van der Waals surface area contributed by atoms with Crippen LogP contribution < -0.4 is 4.74 Å². The van der Waals surface area contributed by atoms with Crippen molar-refractivity contribution < 1.29 is 19.4 Å². The van der Waals surface area contributed by atoms with Gasteiger partial charge in [-0.05, 0) is 37.3 Å². The van der Waals surface area contributed by atoms with Crippen molar-refractivity contribution in [2.24, 2.45) is 0 Å². The van der Waals surface area contributed by atoms with E-state index >= 15 is 0 Å². The van der Waals surface area contributed by atoms with Gasteiger partial charge in [0.15, 0.2) is 5.76 Å². The van der Waals surface area contributed by atoms with E-state index in [1.165, 1.54) is 18.2 Å². The number of carboxylic acid groups (broad SMARTS) is 1. The van der Waals surface area contributed by atoms with Crippen LogP contribution in [0.25, 0.3) is 6.08 Å². The van der Waals surface area contributed by atoms with Crippen molar-refractivity contribution >= 4 is 29.2 Å². The molecule has 0 unspecified atom stereocenters. The van der Waals surface area contributed by atoms with Crippen LogP contribution in [-0.4, -0.2) is 16.9 Å². The summed E-state index contributed by atoms with van der Waals surface area (Å²) in [6.45, 7) is 1.98. The Bertz CT molecular complexity index is 755. The SMILES string of the molecule is Cc1ccc(C=C2Oc3ccc(C(=O)O)cc3C2=O)s1. The molecule has 0 aliphatic carbocycles. The molecule has 1 aliphatic rings. The van der Waals surface area contributed by atoms with E-state index in [-0.39, 0.29) is 17.1 Å². The van der Waals surface area contributed by atoms with Crippen LogP contribution in [0.5, 0.6) is 5.75 Å². The van der Waals surface area contributed by atoms with Gasteiger partial charge in [-0.15, -0.1) is 11.3 Å². The maximum Gasteiger partial charge on any atom is 0.335 e. The molecule has 0 bridgehead atoms. The average Bonchev–Trinajstić information content (AvgIpc) is 2.95. The number of rotatable bonds is 2. The van der Waals surface area contributed by atoms with Crippen LogP contribution in [0.2, 0.25) is 0 Å². The van der Waals surface area contributed by atoms with Crippen molar-refractivity contribution in [3.63, 3.8) is 0 Å². The first-order valence-electron chi connectivity index (χ1n) is 5.92. The third-order valence-electron chi connectivity index (χ3n) is 2.95. The minimum absolute atomic E-state index is 0.0777. The Morgan fingerprint density at radius 1 is 1.30 bits per heavy atom. The normalized spacial score (nSPS) is 15.2. The van der Waals surface area contributed by atoms with Crippen molar-refractivity contribution in [3.05, 3.63) is 57.0 Å². The fourth-order valence-corrected chi connectivity index (χ4v) is 2.79. The summed E-state index contributed by atoms with van der Waals surface area (Å²) in [4.78, 5) is 25.2. The van der Waals surface area contributed by atoms with Crippen molar-refractivity contribution in [2.75, 3.05) is 0 Å². The second-order valence-corrected chi connectivity index (χ2v) is 5.72. The first kappa shape index (κ1) is 12.6. The van der Waals surface area contributed by atoms with E-state index in [9.17, 15) is 9.59 Å². The summed E-state index contributed by atoms with van der Waals surface area (Å²) in [5.41, 5.74) is 0.373. The zero-order valence-corrected chi connectivity index (χ0v) is 11.4. The van der Waals surface area contributed by atoms with Crippen LogP contribution in [0.3, 0.4) is 0 Å². The first-order valence-corrected chi connectivity index (χ1v) is 6.74. The summed E-state index contributed by atoms with van der Waals surface area (Å²) < 4.78 is 5.49. The minimum Gasteiger partial charge on any atom is -0.478 e. The van der Waals surface area contributed by atoms with E-state index in [1.54, 1.807) is 17.4 Å². The summed E-state index contributed by atoms with van der Waals surface area (Å²) in [7, 11) is 0.